The molecule has 0 unspecified atom stereocenters. The van der Waals surface area contributed by atoms with Crippen molar-refractivity contribution in [1.29, 1.82) is 5.26 Å². The second-order valence-electron chi connectivity index (χ2n) is 4.19. The Balaban J connectivity index is 2.04. The summed E-state index contributed by atoms with van der Waals surface area (Å²) in [6.07, 6.45) is -4.38. The van der Waals surface area contributed by atoms with Crippen LogP contribution in [0.3, 0.4) is 0 Å². The zero-order chi connectivity index (χ0) is 16.2. The first-order valence-corrected chi connectivity index (χ1v) is 6.38. The van der Waals surface area contributed by atoms with Crippen molar-refractivity contribution in [2.24, 2.45) is 0 Å². The molecule has 4 nitrogen and oxygen atoms in total. The molecule has 0 spiro atoms. The number of alkyl halides is 3. The molecule has 114 valence electrons. The normalized spacial score (nSPS) is 10.9. The van der Waals surface area contributed by atoms with Crippen LogP contribution in [0.1, 0.15) is 5.69 Å². The molecule has 1 N–H and O–H groups in total. The maximum atomic E-state index is 12.0. The quantitative estimate of drug-likeness (QED) is 0.910. The molecule has 0 fully saturated rings. The van der Waals surface area contributed by atoms with Crippen molar-refractivity contribution in [2.75, 3.05) is 11.9 Å². The number of nitriles is 1. The minimum absolute atomic E-state index is 0.0804. The average Bonchev–Trinajstić information content (AvgIpc) is 2.48. The molecule has 0 amide bonds. The van der Waals surface area contributed by atoms with Crippen LogP contribution in [0.4, 0.5) is 24.7 Å². The Kier molecular flexibility index (Phi) is 4.73. The van der Waals surface area contributed by atoms with Gasteiger partial charge in [0.05, 0.1) is 5.02 Å². The van der Waals surface area contributed by atoms with Crippen molar-refractivity contribution in [3.63, 3.8) is 0 Å². The zero-order valence-electron chi connectivity index (χ0n) is 11.0. The summed E-state index contributed by atoms with van der Waals surface area (Å²) in [5, 5.41) is 12.0. The number of aromatic nitrogens is 1. The summed E-state index contributed by atoms with van der Waals surface area (Å²) >= 11 is 5.77. The lowest BCUT2D eigenvalue weighted by Gasteiger charge is -2.10. The summed E-state index contributed by atoms with van der Waals surface area (Å²) in [4.78, 5) is 3.99. The van der Waals surface area contributed by atoms with Gasteiger partial charge in [-0.1, -0.05) is 11.6 Å². The van der Waals surface area contributed by atoms with E-state index in [4.69, 9.17) is 16.9 Å². The fourth-order valence-corrected chi connectivity index (χ4v) is 1.69. The van der Waals surface area contributed by atoms with Gasteiger partial charge in [-0.2, -0.15) is 18.4 Å². The summed E-state index contributed by atoms with van der Waals surface area (Å²) in [6.45, 7) is -1.34. The molecule has 0 aliphatic rings. The zero-order valence-corrected chi connectivity index (χ0v) is 11.7. The Morgan fingerprint density at radius 1 is 1.18 bits per heavy atom. The largest absolute Gasteiger partial charge is 0.484 e. The first-order chi connectivity index (χ1) is 10.4. The molecule has 0 radical (unpaired) electrons. The number of hydrogen-bond donors (Lipinski definition) is 1. The lowest BCUT2D eigenvalue weighted by Crippen LogP contribution is -2.19. The van der Waals surface area contributed by atoms with Crippen LogP contribution in [0, 0.1) is 11.3 Å². The smallest absolute Gasteiger partial charge is 0.422 e. The summed E-state index contributed by atoms with van der Waals surface area (Å²) in [7, 11) is 0. The molecule has 0 atom stereocenters. The summed E-state index contributed by atoms with van der Waals surface area (Å²) in [5.74, 6) is 0.495. The van der Waals surface area contributed by atoms with Crippen LogP contribution in [-0.4, -0.2) is 17.8 Å². The highest BCUT2D eigenvalue weighted by molar-refractivity contribution is 6.31. The van der Waals surface area contributed by atoms with Crippen LogP contribution in [0.25, 0.3) is 0 Å². The number of halogens is 4. The van der Waals surface area contributed by atoms with Crippen molar-refractivity contribution < 1.29 is 17.9 Å². The van der Waals surface area contributed by atoms with Crippen LogP contribution in [0.5, 0.6) is 5.75 Å². The van der Waals surface area contributed by atoms with Crippen LogP contribution in [-0.2, 0) is 0 Å². The van der Waals surface area contributed by atoms with Gasteiger partial charge in [-0.05, 0) is 36.4 Å². The topological polar surface area (TPSA) is 57.9 Å². The number of benzene rings is 1. The molecule has 1 heterocycles. The highest BCUT2D eigenvalue weighted by Gasteiger charge is 2.28. The Labute approximate surface area is 129 Å². The predicted molar refractivity (Wildman–Crippen MR) is 75.2 cm³/mol. The van der Waals surface area contributed by atoms with Gasteiger partial charge in [-0.3, -0.25) is 0 Å². The van der Waals surface area contributed by atoms with Crippen molar-refractivity contribution in [3.8, 4) is 11.8 Å². The third-order valence-electron chi connectivity index (χ3n) is 2.48. The number of ether oxygens (including phenoxy) is 1. The molecule has 1 aromatic heterocycles. The summed E-state index contributed by atoms with van der Waals surface area (Å²) in [5.41, 5.74) is 0.662. The van der Waals surface area contributed by atoms with Gasteiger partial charge in [0.1, 0.15) is 17.6 Å². The average molecular weight is 328 g/mol. The van der Waals surface area contributed by atoms with E-state index in [1.165, 1.54) is 30.3 Å². The number of anilines is 2. The Morgan fingerprint density at radius 2 is 1.86 bits per heavy atom. The highest BCUT2D eigenvalue weighted by Crippen LogP contribution is 2.23. The Morgan fingerprint density at radius 3 is 2.45 bits per heavy atom. The van der Waals surface area contributed by atoms with E-state index in [1.807, 2.05) is 6.07 Å². The lowest BCUT2D eigenvalue weighted by atomic mass is 10.3. The van der Waals surface area contributed by atoms with E-state index in [0.29, 0.717) is 11.5 Å². The van der Waals surface area contributed by atoms with Crippen molar-refractivity contribution in [3.05, 3.63) is 47.1 Å². The molecule has 0 saturated heterocycles. The van der Waals surface area contributed by atoms with E-state index in [-0.39, 0.29) is 16.5 Å². The maximum absolute atomic E-state index is 12.0. The molecule has 0 aliphatic carbocycles. The van der Waals surface area contributed by atoms with Gasteiger partial charge in [0.2, 0.25) is 0 Å². The van der Waals surface area contributed by atoms with Crippen LogP contribution < -0.4 is 10.1 Å². The van der Waals surface area contributed by atoms with Gasteiger partial charge in [-0.15, -0.1) is 0 Å². The van der Waals surface area contributed by atoms with Gasteiger partial charge in [-0.25, -0.2) is 4.98 Å². The fraction of sp³-hybridized carbons (Fsp3) is 0.143. The minimum Gasteiger partial charge on any atom is -0.484 e. The second kappa shape index (κ2) is 6.54. The third kappa shape index (κ3) is 4.53. The van der Waals surface area contributed by atoms with E-state index in [9.17, 15) is 13.2 Å². The predicted octanol–water partition coefficient (Wildman–Crippen LogP) is 4.29. The van der Waals surface area contributed by atoms with Crippen molar-refractivity contribution in [1.82, 2.24) is 4.98 Å². The fourth-order valence-electron chi connectivity index (χ4n) is 1.54. The molecular formula is C14H9ClF3N3O. The van der Waals surface area contributed by atoms with Gasteiger partial charge in [0.15, 0.2) is 12.3 Å². The van der Waals surface area contributed by atoms with Crippen LogP contribution in [0.15, 0.2) is 36.4 Å². The molecule has 1 aromatic carbocycles. The minimum atomic E-state index is -4.38. The number of nitrogens with zero attached hydrogens (tertiary/aromatic N) is 2. The summed E-state index contributed by atoms with van der Waals surface area (Å²) in [6, 6.07) is 10.8. The number of pyridine rings is 1. The number of rotatable bonds is 4. The standard InChI is InChI=1S/C14H9ClF3N3O/c15-11-5-6-13(21-12(11)7-19)20-9-1-3-10(4-2-9)22-8-14(16,17)18/h1-6H,8H2,(H,20,21). The SMILES string of the molecule is N#Cc1nc(Nc2ccc(OCC(F)(F)F)cc2)ccc1Cl. The van der Waals surface area contributed by atoms with Gasteiger partial charge in [0.25, 0.3) is 0 Å². The molecule has 22 heavy (non-hydrogen) atoms. The van der Waals surface area contributed by atoms with E-state index < -0.39 is 12.8 Å². The molecule has 0 saturated carbocycles. The first kappa shape index (κ1) is 15.9. The summed E-state index contributed by atoms with van der Waals surface area (Å²) < 4.78 is 40.7. The molecule has 0 aliphatic heterocycles. The van der Waals surface area contributed by atoms with Crippen molar-refractivity contribution in [2.45, 2.75) is 6.18 Å². The van der Waals surface area contributed by atoms with Crippen LogP contribution >= 0.6 is 11.6 Å². The van der Waals surface area contributed by atoms with Gasteiger partial charge in [0, 0.05) is 5.69 Å². The van der Waals surface area contributed by atoms with E-state index >= 15 is 0 Å². The van der Waals surface area contributed by atoms with E-state index in [0.717, 1.165) is 0 Å². The van der Waals surface area contributed by atoms with Crippen LogP contribution in [0.2, 0.25) is 5.02 Å². The Hall–Kier alpha value is -2.46. The van der Waals surface area contributed by atoms with Gasteiger partial charge >= 0.3 is 6.18 Å². The Bertz CT molecular complexity index is 696. The van der Waals surface area contributed by atoms with Crippen molar-refractivity contribution >= 4 is 23.1 Å². The molecule has 2 rings (SSSR count). The highest BCUT2D eigenvalue weighted by atomic mass is 35.5. The van der Waals surface area contributed by atoms with E-state index in [2.05, 4.69) is 15.0 Å². The number of hydrogen-bond acceptors (Lipinski definition) is 4. The van der Waals surface area contributed by atoms with E-state index in [1.54, 1.807) is 6.07 Å². The van der Waals surface area contributed by atoms with Gasteiger partial charge < -0.3 is 10.1 Å². The molecule has 8 heteroatoms. The monoisotopic (exact) mass is 327 g/mol. The molecule has 2 aromatic rings. The first-order valence-electron chi connectivity index (χ1n) is 6.01. The second-order valence-corrected chi connectivity index (χ2v) is 4.60. The maximum Gasteiger partial charge on any atom is 0.422 e. The third-order valence-corrected chi connectivity index (χ3v) is 2.79. The molecule has 0 bridgehead atoms. The molecular weight excluding hydrogens is 319 g/mol. The lowest BCUT2D eigenvalue weighted by molar-refractivity contribution is -0.153. The number of nitrogens with one attached hydrogen (secondary N) is 1.